The van der Waals surface area contributed by atoms with Crippen LogP contribution in [0, 0.1) is 5.92 Å². The van der Waals surface area contributed by atoms with Crippen LogP contribution in [0.1, 0.15) is 44.0 Å². The van der Waals surface area contributed by atoms with Crippen molar-refractivity contribution in [3.63, 3.8) is 0 Å². The monoisotopic (exact) mass is 328 g/mol. The van der Waals surface area contributed by atoms with Gasteiger partial charge in [0.05, 0.1) is 5.56 Å². The number of hydrogen-bond donors (Lipinski definition) is 1. The van der Waals surface area contributed by atoms with Crippen molar-refractivity contribution in [1.82, 2.24) is 14.5 Å². The molecule has 3 heterocycles. The molecule has 0 atom stereocenters. The number of rotatable bonds is 2. The number of nitrogens with two attached hydrogens (primary N) is 1. The third-order valence-corrected chi connectivity index (χ3v) is 4.70. The van der Waals surface area contributed by atoms with E-state index in [1.54, 1.807) is 6.20 Å². The van der Waals surface area contributed by atoms with Crippen molar-refractivity contribution >= 4 is 22.8 Å². The second kappa shape index (κ2) is 5.92. The second-order valence-corrected chi connectivity index (χ2v) is 7.43. The van der Waals surface area contributed by atoms with Crippen LogP contribution >= 0.6 is 0 Å². The first kappa shape index (κ1) is 16.5. The first-order chi connectivity index (χ1) is 11.3. The van der Waals surface area contributed by atoms with E-state index in [-0.39, 0.29) is 23.3 Å². The molecule has 2 aromatic heterocycles. The number of pyridine rings is 1. The molecule has 0 aromatic carbocycles. The van der Waals surface area contributed by atoms with Gasteiger partial charge in [-0.2, -0.15) is 0 Å². The summed E-state index contributed by atoms with van der Waals surface area (Å²) in [7, 11) is 0. The molecule has 0 unspecified atom stereocenters. The molecule has 6 heteroatoms. The van der Waals surface area contributed by atoms with Gasteiger partial charge in [0.2, 0.25) is 5.91 Å². The summed E-state index contributed by atoms with van der Waals surface area (Å²) in [6, 6.07) is 3.79. The van der Waals surface area contributed by atoms with Gasteiger partial charge in [-0.3, -0.25) is 9.59 Å². The highest BCUT2D eigenvalue weighted by Crippen LogP contribution is 2.28. The van der Waals surface area contributed by atoms with E-state index in [1.165, 1.54) is 0 Å². The van der Waals surface area contributed by atoms with Crippen molar-refractivity contribution < 1.29 is 9.59 Å². The Balaban J connectivity index is 1.93. The summed E-state index contributed by atoms with van der Waals surface area (Å²) in [5.41, 5.74) is 6.70. The predicted octanol–water partition coefficient (Wildman–Crippen LogP) is 2.13. The van der Waals surface area contributed by atoms with Crippen molar-refractivity contribution in [2.75, 3.05) is 13.1 Å². The molecular weight excluding hydrogens is 304 g/mol. The Morgan fingerprint density at radius 3 is 2.50 bits per heavy atom. The first-order valence-electron chi connectivity index (χ1n) is 8.34. The number of hydrogen-bond acceptors (Lipinski definition) is 3. The molecule has 1 aliphatic heterocycles. The van der Waals surface area contributed by atoms with Crippen molar-refractivity contribution in [1.29, 1.82) is 0 Å². The van der Waals surface area contributed by atoms with Gasteiger partial charge >= 0.3 is 0 Å². The van der Waals surface area contributed by atoms with E-state index < -0.39 is 0 Å². The molecule has 0 saturated carbocycles. The zero-order valence-corrected chi connectivity index (χ0v) is 14.5. The quantitative estimate of drug-likeness (QED) is 0.917. The molecule has 2 amide bonds. The summed E-state index contributed by atoms with van der Waals surface area (Å²) < 4.78 is 2.05. The van der Waals surface area contributed by atoms with E-state index in [4.69, 9.17) is 5.73 Å². The Bertz CT molecular complexity index is 780. The maximum absolute atomic E-state index is 13.0. The molecule has 0 spiro atoms. The third-order valence-electron chi connectivity index (χ3n) is 4.70. The molecule has 1 saturated heterocycles. The lowest BCUT2D eigenvalue weighted by Gasteiger charge is -2.30. The van der Waals surface area contributed by atoms with Gasteiger partial charge in [0.1, 0.15) is 5.65 Å². The minimum absolute atomic E-state index is 0.001000. The molecule has 2 N–H and O–H groups in total. The average molecular weight is 328 g/mol. The van der Waals surface area contributed by atoms with Gasteiger partial charge in [0.15, 0.2) is 0 Å². The highest BCUT2D eigenvalue weighted by atomic mass is 16.2. The fourth-order valence-electron chi connectivity index (χ4n) is 3.28. The molecule has 0 bridgehead atoms. The van der Waals surface area contributed by atoms with Crippen LogP contribution < -0.4 is 5.73 Å². The van der Waals surface area contributed by atoms with Gasteiger partial charge in [-0.1, -0.05) is 0 Å². The molecule has 1 fully saturated rings. The lowest BCUT2D eigenvalue weighted by molar-refractivity contribution is -0.123. The van der Waals surface area contributed by atoms with Crippen molar-refractivity contribution in [3.8, 4) is 0 Å². The van der Waals surface area contributed by atoms with Crippen LogP contribution in [0.5, 0.6) is 0 Å². The van der Waals surface area contributed by atoms with E-state index in [9.17, 15) is 9.59 Å². The molecule has 0 aliphatic carbocycles. The largest absolute Gasteiger partial charge is 0.369 e. The lowest BCUT2D eigenvalue weighted by Crippen LogP contribution is -2.41. The number of amides is 2. The molecule has 24 heavy (non-hydrogen) atoms. The Kier molecular flexibility index (Phi) is 4.07. The minimum Gasteiger partial charge on any atom is -0.369 e. The van der Waals surface area contributed by atoms with Gasteiger partial charge < -0.3 is 15.2 Å². The molecule has 3 rings (SSSR count). The third kappa shape index (κ3) is 2.88. The van der Waals surface area contributed by atoms with Crippen LogP contribution in [0.2, 0.25) is 0 Å². The highest BCUT2D eigenvalue weighted by Gasteiger charge is 2.29. The molecular formula is C18H24N4O2. The summed E-state index contributed by atoms with van der Waals surface area (Å²) >= 11 is 0. The van der Waals surface area contributed by atoms with E-state index in [2.05, 4.69) is 25.8 Å². The summed E-state index contributed by atoms with van der Waals surface area (Å²) in [5.74, 6) is -0.388. The fourth-order valence-corrected chi connectivity index (χ4v) is 3.28. The number of piperidine rings is 1. The summed E-state index contributed by atoms with van der Waals surface area (Å²) in [5, 5.41) is 0.870. The number of nitrogens with zero attached hydrogens (tertiary/aromatic N) is 3. The summed E-state index contributed by atoms with van der Waals surface area (Å²) in [6.07, 6.45) is 4.92. The molecule has 2 aromatic rings. The topological polar surface area (TPSA) is 81.2 Å². The number of carbonyl (C=O) groups is 2. The Morgan fingerprint density at radius 1 is 1.25 bits per heavy atom. The van der Waals surface area contributed by atoms with E-state index in [0.29, 0.717) is 31.5 Å². The van der Waals surface area contributed by atoms with Crippen molar-refractivity contribution in [2.24, 2.45) is 11.7 Å². The van der Waals surface area contributed by atoms with Crippen molar-refractivity contribution in [3.05, 3.63) is 30.1 Å². The van der Waals surface area contributed by atoms with Gasteiger partial charge in [0, 0.05) is 42.3 Å². The molecule has 128 valence electrons. The lowest BCUT2D eigenvalue weighted by atomic mass is 9.96. The standard InChI is InChI=1S/C18H24N4O2/c1-18(2,3)22-11-14(13-5-4-8-20-16(13)22)17(24)21-9-6-12(7-10-21)15(19)23/h4-5,8,11-12H,6-7,9-10H2,1-3H3,(H2,19,23). The minimum atomic E-state index is -0.268. The summed E-state index contributed by atoms with van der Waals surface area (Å²) in [6.45, 7) is 7.40. The molecule has 0 radical (unpaired) electrons. The van der Waals surface area contributed by atoms with Gasteiger partial charge in [0.25, 0.3) is 5.91 Å². The van der Waals surface area contributed by atoms with Crippen LogP contribution in [-0.2, 0) is 10.3 Å². The van der Waals surface area contributed by atoms with Gasteiger partial charge in [-0.05, 0) is 45.7 Å². The molecule has 1 aliphatic rings. The zero-order chi connectivity index (χ0) is 17.5. The van der Waals surface area contributed by atoms with E-state index >= 15 is 0 Å². The van der Waals surface area contributed by atoms with E-state index in [0.717, 1.165) is 11.0 Å². The summed E-state index contributed by atoms with van der Waals surface area (Å²) in [4.78, 5) is 30.6. The maximum Gasteiger partial charge on any atom is 0.256 e. The van der Waals surface area contributed by atoms with Crippen LogP contribution in [0.25, 0.3) is 11.0 Å². The smallest absolute Gasteiger partial charge is 0.256 e. The van der Waals surface area contributed by atoms with E-state index in [1.807, 2.05) is 27.8 Å². The number of aromatic nitrogens is 2. The SMILES string of the molecule is CC(C)(C)n1cc(C(=O)N2CCC(C(N)=O)CC2)c2cccnc21. The maximum atomic E-state index is 13.0. The first-order valence-corrected chi connectivity index (χ1v) is 8.34. The second-order valence-electron chi connectivity index (χ2n) is 7.43. The fraction of sp³-hybridized carbons (Fsp3) is 0.500. The number of primary amides is 1. The number of likely N-dealkylation sites (tertiary alicyclic amines) is 1. The zero-order valence-electron chi connectivity index (χ0n) is 14.5. The van der Waals surface area contributed by atoms with Crippen LogP contribution in [0.3, 0.4) is 0 Å². The normalized spacial score (nSPS) is 16.5. The van der Waals surface area contributed by atoms with Gasteiger partial charge in [-0.15, -0.1) is 0 Å². The Labute approximate surface area is 141 Å². The van der Waals surface area contributed by atoms with Crippen LogP contribution in [-0.4, -0.2) is 39.4 Å². The highest BCUT2D eigenvalue weighted by molar-refractivity contribution is 6.06. The Morgan fingerprint density at radius 2 is 1.92 bits per heavy atom. The number of carbonyl (C=O) groups excluding carboxylic acids is 2. The average Bonchev–Trinajstić information content (AvgIpc) is 2.94. The predicted molar refractivity (Wildman–Crippen MR) is 92.6 cm³/mol. The van der Waals surface area contributed by atoms with Crippen molar-refractivity contribution in [2.45, 2.75) is 39.2 Å². The van der Waals surface area contributed by atoms with Crippen LogP contribution in [0.15, 0.2) is 24.5 Å². The van der Waals surface area contributed by atoms with Crippen LogP contribution in [0.4, 0.5) is 0 Å². The molecule has 6 nitrogen and oxygen atoms in total. The van der Waals surface area contributed by atoms with Gasteiger partial charge in [-0.25, -0.2) is 4.98 Å². The Hall–Kier alpha value is -2.37. The number of fused-ring (bicyclic) bond motifs is 1.